The topological polar surface area (TPSA) is 52.8 Å². The van der Waals surface area contributed by atoms with Crippen molar-refractivity contribution in [1.29, 1.82) is 0 Å². The maximum absolute atomic E-state index is 12.2. The highest BCUT2D eigenvalue weighted by molar-refractivity contribution is 7.16. The van der Waals surface area contributed by atoms with Crippen LogP contribution in [0, 0.1) is 5.41 Å². The number of hydrogen-bond donors (Lipinski definition) is 0. The van der Waals surface area contributed by atoms with E-state index in [-0.39, 0.29) is 12.7 Å². The molecule has 0 spiro atoms. The molecule has 0 saturated carbocycles. The van der Waals surface area contributed by atoms with Gasteiger partial charge in [0.05, 0.1) is 10.2 Å². The molecule has 1 aromatic heterocycles. The number of allylic oxidation sites excluding steroid dienone is 1. The molecule has 0 saturated heterocycles. The molecule has 1 aliphatic rings. The highest BCUT2D eigenvalue weighted by Gasteiger charge is 2.22. The Hall–Kier alpha value is -2.08. The molecule has 0 aliphatic carbocycles. The first-order chi connectivity index (χ1) is 10.4. The van der Waals surface area contributed by atoms with E-state index in [0.29, 0.717) is 11.3 Å². The number of ether oxygens (including phenoxy) is 2. The van der Waals surface area contributed by atoms with E-state index >= 15 is 0 Å². The molecule has 0 bridgehead atoms. The molecule has 5 nitrogen and oxygen atoms in total. The summed E-state index contributed by atoms with van der Waals surface area (Å²) in [5.41, 5.74) is 0.463. The van der Waals surface area contributed by atoms with Gasteiger partial charge >= 0.3 is 0 Å². The average molecular weight is 318 g/mol. The standard InChI is InChI=1S/C16H18N2O3S/c1-5-6-18-10-7-11-12(21-9-20-11)8-13(10)22-15(18)17-14(19)16(2,3)4/h5,7-8H,1,6,9H2,2-4H3. The number of benzene rings is 1. The molecule has 22 heavy (non-hydrogen) atoms. The molecule has 0 unspecified atom stereocenters. The highest BCUT2D eigenvalue weighted by Crippen LogP contribution is 2.37. The van der Waals surface area contributed by atoms with Gasteiger partial charge in [0, 0.05) is 24.1 Å². The second kappa shape index (κ2) is 5.28. The molecule has 3 rings (SSSR count). The molecule has 1 aliphatic heterocycles. The molecule has 6 heteroatoms. The van der Waals surface area contributed by atoms with Crippen molar-refractivity contribution in [2.24, 2.45) is 10.4 Å². The summed E-state index contributed by atoms with van der Waals surface area (Å²) in [6, 6.07) is 3.86. The first-order valence-electron chi connectivity index (χ1n) is 7.03. The molecular weight excluding hydrogens is 300 g/mol. The van der Waals surface area contributed by atoms with Crippen molar-refractivity contribution in [3.05, 3.63) is 29.6 Å². The molecule has 2 aromatic rings. The zero-order valence-corrected chi connectivity index (χ0v) is 13.7. The van der Waals surface area contributed by atoms with Crippen LogP contribution in [0.2, 0.25) is 0 Å². The Morgan fingerprint density at radius 1 is 1.41 bits per heavy atom. The number of carbonyl (C=O) groups excluding carboxylic acids is 1. The van der Waals surface area contributed by atoms with Crippen molar-refractivity contribution in [2.45, 2.75) is 27.3 Å². The fourth-order valence-corrected chi connectivity index (χ4v) is 3.15. The SMILES string of the molecule is C=CCn1c(=NC(=O)C(C)(C)C)sc2cc3c(cc21)OCO3. The quantitative estimate of drug-likeness (QED) is 0.800. The van der Waals surface area contributed by atoms with Crippen LogP contribution >= 0.6 is 11.3 Å². The van der Waals surface area contributed by atoms with E-state index in [1.165, 1.54) is 11.3 Å². The van der Waals surface area contributed by atoms with Gasteiger partial charge in [-0.3, -0.25) is 4.79 Å². The lowest BCUT2D eigenvalue weighted by Crippen LogP contribution is -2.23. The summed E-state index contributed by atoms with van der Waals surface area (Å²) in [5.74, 6) is 1.31. The minimum atomic E-state index is -0.504. The van der Waals surface area contributed by atoms with Gasteiger partial charge < -0.3 is 14.0 Å². The van der Waals surface area contributed by atoms with E-state index in [4.69, 9.17) is 9.47 Å². The lowest BCUT2D eigenvalue weighted by molar-refractivity contribution is -0.125. The molecular formula is C16H18N2O3S. The van der Waals surface area contributed by atoms with Gasteiger partial charge in [-0.2, -0.15) is 4.99 Å². The van der Waals surface area contributed by atoms with E-state index in [2.05, 4.69) is 11.6 Å². The Labute approximate surface area is 132 Å². The van der Waals surface area contributed by atoms with Crippen LogP contribution in [0.1, 0.15) is 20.8 Å². The predicted molar refractivity (Wildman–Crippen MR) is 86.2 cm³/mol. The maximum atomic E-state index is 12.2. The van der Waals surface area contributed by atoms with E-state index in [9.17, 15) is 4.79 Å². The Morgan fingerprint density at radius 3 is 2.73 bits per heavy atom. The number of aromatic nitrogens is 1. The van der Waals surface area contributed by atoms with Crippen LogP contribution in [0.4, 0.5) is 0 Å². The van der Waals surface area contributed by atoms with Gasteiger partial charge in [0.25, 0.3) is 5.91 Å². The largest absolute Gasteiger partial charge is 0.454 e. The first kappa shape index (κ1) is 14.8. The molecule has 1 amide bonds. The summed E-state index contributed by atoms with van der Waals surface area (Å²) < 4.78 is 13.8. The summed E-state index contributed by atoms with van der Waals surface area (Å²) in [6.45, 7) is 10.2. The Bertz CT molecular complexity index is 824. The minimum absolute atomic E-state index is 0.142. The van der Waals surface area contributed by atoms with Crippen LogP contribution in [0.15, 0.2) is 29.8 Å². The lowest BCUT2D eigenvalue weighted by Gasteiger charge is -2.11. The van der Waals surface area contributed by atoms with Crippen molar-refractivity contribution < 1.29 is 14.3 Å². The summed E-state index contributed by atoms with van der Waals surface area (Å²) in [5, 5.41) is 0. The molecule has 0 fully saturated rings. The highest BCUT2D eigenvalue weighted by atomic mass is 32.1. The third kappa shape index (κ3) is 2.54. The van der Waals surface area contributed by atoms with Gasteiger partial charge in [-0.25, -0.2) is 0 Å². The first-order valence-corrected chi connectivity index (χ1v) is 7.85. The second-order valence-electron chi connectivity index (χ2n) is 6.12. The zero-order valence-electron chi connectivity index (χ0n) is 12.9. The zero-order chi connectivity index (χ0) is 15.9. The number of rotatable bonds is 2. The number of fused-ring (bicyclic) bond motifs is 2. The van der Waals surface area contributed by atoms with Gasteiger partial charge in [0.15, 0.2) is 16.3 Å². The molecule has 116 valence electrons. The van der Waals surface area contributed by atoms with Gasteiger partial charge in [-0.15, -0.1) is 6.58 Å². The van der Waals surface area contributed by atoms with Crippen LogP contribution in [0.25, 0.3) is 10.2 Å². The summed E-state index contributed by atoms with van der Waals surface area (Å²) in [7, 11) is 0. The maximum Gasteiger partial charge on any atom is 0.253 e. The third-order valence-corrected chi connectivity index (χ3v) is 4.37. The van der Waals surface area contributed by atoms with Crippen LogP contribution in [0.3, 0.4) is 0 Å². The van der Waals surface area contributed by atoms with E-state index in [1.807, 2.05) is 37.5 Å². The molecule has 0 N–H and O–H groups in total. The Morgan fingerprint density at radius 2 is 2.09 bits per heavy atom. The molecule has 1 aromatic carbocycles. The second-order valence-corrected chi connectivity index (χ2v) is 7.13. The van der Waals surface area contributed by atoms with Crippen molar-refractivity contribution in [1.82, 2.24) is 4.57 Å². The van der Waals surface area contributed by atoms with E-state index in [0.717, 1.165) is 21.7 Å². The number of amides is 1. The van der Waals surface area contributed by atoms with Crippen LogP contribution in [-0.4, -0.2) is 17.3 Å². The van der Waals surface area contributed by atoms with Gasteiger partial charge in [0.2, 0.25) is 6.79 Å². The molecule has 0 radical (unpaired) electrons. The van der Waals surface area contributed by atoms with Crippen molar-refractivity contribution >= 4 is 27.5 Å². The third-order valence-electron chi connectivity index (χ3n) is 3.33. The van der Waals surface area contributed by atoms with Crippen molar-refractivity contribution in [3.8, 4) is 11.5 Å². The fraction of sp³-hybridized carbons (Fsp3) is 0.375. The van der Waals surface area contributed by atoms with Gasteiger partial charge in [-0.05, 0) is 0 Å². The summed E-state index contributed by atoms with van der Waals surface area (Å²) in [6.07, 6.45) is 1.79. The van der Waals surface area contributed by atoms with E-state index < -0.39 is 5.41 Å². The van der Waals surface area contributed by atoms with Crippen LogP contribution in [-0.2, 0) is 11.3 Å². The Kier molecular flexibility index (Phi) is 3.56. The van der Waals surface area contributed by atoms with Crippen molar-refractivity contribution in [2.75, 3.05) is 6.79 Å². The van der Waals surface area contributed by atoms with E-state index in [1.54, 1.807) is 6.08 Å². The number of nitrogens with zero attached hydrogens (tertiary/aromatic N) is 2. The monoisotopic (exact) mass is 318 g/mol. The molecule has 0 atom stereocenters. The Balaban J connectivity index is 2.22. The number of thiazole rings is 1. The number of carbonyl (C=O) groups is 1. The predicted octanol–water partition coefficient (Wildman–Crippen LogP) is 3.09. The van der Waals surface area contributed by atoms with Crippen molar-refractivity contribution in [3.63, 3.8) is 0 Å². The van der Waals surface area contributed by atoms with Crippen LogP contribution in [0.5, 0.6) is 11.5 Å². The summed E-state index contributed by atoms with van der Waals surface area (Å²) >= 11 is 1.47. The van der Waals surface area contributed by atoms with Gasteiger partial charge in [0.1, 0.15) is 0 Å². The normalized spacial score (nSPS) is 14.6. The van der Waals surface area contributed by atoms with Gasteiger partial charge in [-0.1, -0.05) is 38.2 Å². The lowest BCUT2D eigenvalue weighted by atomic mass is 9.96. The van der Waals surface area contributed by atoms with Crippen LogP contribution < -0.4 is 14.3 Å². The minimum Gasteiger partial charge on any atom is -0.454 e. The average Bonchev–Trinajstić information content (AvgIpc) is 3.01. The fourth-order valence-electron chi connectivity index (χ4n) is 2.11. The smallest absolute Gasteiger partial charge is 0.253 e. The number of hydrogen-bond acceptors (Lipinski definition) is 4. The summed E-state index contributed by atoms with van der Waals surface area (Å²) in [4.78, 5) is 17.2. The molecule has 2 heterocycles.